The number of rotatable bonds is 3. The number of nitrogens with two attached hydrogens (primary N) is 1. The van der Waals surface area contributed by atoms with Crippen LogP contribution in [-0.4, -0.2) is 22.7 Å². The summed E-state index contributed by atoms with van der Waals surface area (Å²) < 4.78 is 1.05. The van der Waals surface area contributed by atoms with Gasteiger partial charge < -0.3 is 15.8 Å². The zero-order chi connectivity index (χ0) is 10.8. The molecule has 0 saturated carbocycles. The molecular weight excluding hydrogens is 256 g/mol. The number of fused-ring (bicyclic) bond motifs is 1. The second-order valence-electron chi connectivity index (χ2n) is 3.65. The molecular formula is C11H13BrN2O. The molecule has 15 heavy (non-hydrogen) atoms. The highest BCUT2D eigenvalue weighted by molar-refractivity contribution is 9.10. The van der Waals surface area contributed by atoms with Gasteiger partial charge in [-0.2, -0.15) is 0 Å². The Balaban J connectivity index is 2.39. The van der Waals surface area contributed by atoms with Crippen LogP contribution in [0.4, 0.5) is 0 Å². The van der Waals surface area contributed by atoms with Gasteiger partial charge in [-0.05, 0) is 30.2 Å². The van der Waals surface area contributed by atoms with E-state index in [2.05, 4.69) is 27.0 Å². The van der Waals surface area contributed by atoms with Crippen LogP contribution in [0.1, 0.15) is 5.56 Å². The molecule has 0 aliphatic rings. The van der Waals surface area contributed by atoms with Crippen LogP contribution in [0, 0.1) is 0 Å². The summed E-state index contributed by atoms with van der Waals surface area (Å²) in [5.74, 6) is 0. The average Bonchev–Trinajstić information content (AvgIpc) is 2.61. The second-order valence-corrected chi connectivity index (χ2v) is 4.57. The number of aliphatic hydroxyl groups is 1. The largest absolute Gasteiger partial charge is 0.395 e. The normalized spacial score (nSPS) is 13.3. The number of aliphatic hydroxyl groups excluding tert-OH is 1. The summed E-state index contributed by atoms with van der Waals surface area (Å²) in [6, 6.07) is 5.88. The van der Waals surface area contributed by atoms with Gasteiger partial charge >= 0.3 is 0 Å². The van der Waals surface area contributed by atoms with E-state index < -0.39 is 0 Å². The Morgan fingerprint density at radius 1 is 1.47 bits per heavy atom. The van der Waals surface area contributed by atoms with Crippen molar-refractivity contribution in [1.29, 1.82) is 0 Å². The molecule has 0 spiro atoms. The first-order chi connectivity index (χ1) is 7.20. The standard InChI is InChI=1S/C11H13BrN2O/c12-8-1-2-11-10(4-8)7(5-14-11)3-9(13)6-15/h1-2,4-5,9,14-15H,3,6,13H2/t9-/m1/s1. The van der Waals surface area contributed by atoms with Gasteiger partial charge in [0.2, 0.25) is 0 Å². The molecule has 2 aromatic rings. The Morgan fingerprint density at radius 3 is 3.00 bits per heavy atom. The van der Waals surface area contributed by atoms with E-state index in [0.717, 1.165) is 20.9 Å². The number of aromatic amines is 1. The van der Waals surface area contributed by atoms with Crippen LogP contribution in [-0.2, 0) is 6.42 Å². The third-order valence-corrected chi connectivity index (χ3v) is 2.94. The Morgan fingerprint density at radius 2 is 2.27 bits per heavy atom. The van der Waals surface area contributed by atoms with Crippen molar-refractivity contribution in [2.24, 2.45) is 5.73 Å². The Kier molecular flexibility index (Phi) is 3.09. The van der Waals surface area contributed by atoms with Crippen molar-refractivity contribution >= 4 is 26.8 Å². The number of hydrogen-bond donors (Lipinski definition) is 3. The van der Waals surface area contributed by atoms with Crippen molar-refractivity contribution in [3.05, 3.63) is 34.4 Å². The van der Waals surface area contributed by atoms with Crippen molar-refractivity contribution in [3.8, 4) is 0 Å². The Bertz CT molecular complexity index is 467. The third-order valence-electron chi connectivity index (χ3n) is 2.45. The topological polar surface area (TPSA) is 62.0 Å². The minimum absolute atomic E-state index is 0.0146. The molecule has 2 rings (SSSR count). The van der Waals surface area contributed by atoms with Crippen LogP contribution >= 0.6 is 15.9 Å². The van der Waals surface area contributed by atoms with Crippen molar-refractivity contribution in [1.82, 2.24) is 4.98 Å². The summed E-state index contributed by atoms with van der Waals surface area (Å²) in [6.07, 6.45) is 2.64. The van der Waals surface area contributed by atoms with Crippen LogP contribution in [0.25, 0.3) is 10.9 Å². The van der Waals surface area contributed by atoms with E-state index in [1.165, 1.54) is 0 Å². The maximum Gasteiger partial charge on any atom is 0.0585 e. The van der Waals surface area contributed by atoms with Gasteiger partial charge in [0.15, 0.2) is 0 Å². The first-order valence-electron chi connectivity index (χ1n) is 4.82. The van der Waals surface area contributed by atoms with E-state index >= 15 is 0 Å². The molecule has 1 aromatic heterocycles. The van der Waals surface area contributed by atoms with Crippen molar-refractivity contribution < 1.29 is 5.11 Å². The minimum atomic E-state index is -0.192. The molecule has 0 amide bonds. The van der Waals surface area contributed by atoms with E-state index in [4.69, 9.17) is 10.8 Å². The van der Waals surface area contributed by atoms with Gasteiger partial charge in [-0.3, -0.25) is 0 Å². The lowest BCUT2D eigenvalue weighted by Crippen LogP contribution is -2.26. The molecule has 1 atom stereocenters. The molecule has 0 fully saturated rings. The van der Waals surface area contributed by atoms with Gasteiger partial charge in [0, 0.05) is 27.6 Å². The zero-order valence-electron chi connectivity index (χ0n) is 8.20. The van der Waals surface area contributed by atoms with Crippen molar-refractivity contribution in [3.63, 3.8) is 0 Å². The number of aromatic nitrogens is 1. The quantitative estimate of drug-likeness (QED) is 0.795. The highest BCUT2D eigenvalue weighted by atomic mass is 79.9. The van der Waals surface area contributed by atoms with Crippen molar-refractivity contribution in [2.75, 3.05) is 6.61 Å². The summed E-state index contributed by atoms with van der Waals surface area (Å²) >= 11 is 3.44. The van der Waals surface area contributed by atoms with Crippen LogP contribution in [0.5, 0.6) is 0 Å². The molecule has 0 bridgehead atoms. The zero-order valence-corrected chi connectivity index (χ0v) is 9.79. The number of H-pyrrole nitrogens is 1. The number of hydrogen-bond acceptors (Lipinski definition) is 2. The third kappa shape index (κ3) is 2.22. The van der Waals surface area contributed by atoms with Gasteiger partial charge in [0.1, 0.15) is 0 Å². The average molecular weight is 269 g/mol. The molecule has 0 saturated heterocycles. The Hall–Kier alpha value is -0.840. The van der Waals surface area contributed by atoms with Gasteiger partial charge in [-0.15, -0.1) is 0 Å². The van der Waals surface area contributed by atoms with Crippen LogP contribution < -0.4 is 5.73 Å². The van der Waals surface area contributed by atoms with Crippen molar-refractivity contribution in [2.45, 2.75) is 12.5 Å². The van der Waals surface area contributed by atoms with E-state index in [0.29, 0.717) is 6.42 Å². The second kappa shape index (κ2) is 4.35. The van der Waals surface area contributed by atoms with Gasteiger partial charge in [0.25, 0.3) is 0 Å². The molecule has 80 valence electrons. The number of benzene rings is 1. The molecule has 0 unspecified atom stereocenters. The molecule has 1 heterocycles. The minimum Gasteiger partial charge on any atom is -0.395 e. The maximum atomic E-state index is 8.92. The maximum absolute atomic E-state index is 8.92. The molecule has 3 nitrogen and oxygen atoms in total. The van der Waals surface area contributed by atoms with E-state index in [1.807, 2.05) is 18.3 Å². The summed E-state index contributed by atoms with van der Waals surface area (Å²) in [5, 5.41) is 10.1. The SMILES string of the molecule is N[C@@H](CO)Cc1c[nH]c2ccc(Br)cc12. The highest BCUT2D eigenvalue weighted by Gasteiger charge is 2.08. The van der Waals surface area contributed by atoms with Gasteiger partial charge in [0.05, 0.1) is 6.61 Å². The molecule has 4 heteroatoms. The molecule has 0 radical (unpaired) electrons. The van der Waals surface area contributed by atoms with Crippen LogP contribution in [0.3, 0.4) is 0 Å². The summed E-state index contributed by atoms with van der Waals surface area (Å²) in [7, 11) is 0. The van der Waals surface area contributed by atoms with Crippen LogP contribution in [0.2, 0.25) is 0 Å². The fourth-order valence-corrected chi connectivity index (χ4v) is 2.03. The van der Waals surface area contributed by atoms with E-state index in [1.54, 1.807) is 0 Å². The van der Waals surface area contributed by atoms with Gasteiger partial charge in [-0.1, -0.05) is 15.9 Å². The monoisotopic (exact) mass is 268 g/mol. The smallest absolute Gasteiger partial charge is 0.0585 e. The van der Waals surface area contributed by atoms with Gasteiger partial charge in [-0.25, -0.2) is 0 Å². The Labute approximate surface area is 96.4 Å². The summed E-state index contributed by atoms with van der Waals surface area (Å²) in [6.45, 7) is 0.0146. The molecule has 0 aliphatic heterocycles. The van der Waals surface area contributed by atoms with Crippen LogP contribution in [0.15, 0.2) is 28.9 Å². The predicted molar refractivity (Wildman–Crippen MR) is 64.8 cm³/mol. The number of halogens is 1. The predicted octanol–water partition coefficient (Wildman–Crippen LogP) is 1.79. The lowest BCUT2D eigenvalue weighted by molar-refractivity contribution is 0.265. The first-order valence-corrected chi connectivity index (χ1v) is 5.62. The lowest BCUT2D eigenvalue weighted by atomic mass is 10.1. The molecule has 0 aliphatic carbocycles. The first kappa shape index (κ1) is 10.7. The molecule has 4 N–H and O–H groups in total. The fraction of sp³-hybridized carbons (Fsp3) is 0.273. The van der Waals surface area contributed by atoms with E-state index in [9.17, 15) is 0 Å². The summed E-state index contributed by atoms with van der Waals surface area (Å²) in [5.41, 5.74) is 7.96. The molecule has 1 aromatic carbocycles. The fourth-order valence-electron chi connectivity index (χ4n) is 1.67. The lowest BCUT2D eigenvalue weighted by Gasteiger charge is -2.06. The number of nitrogens with one attached hydrogen (secondary N) is 1. The highest BCUT2D eigenvalue weighted by Crippen LogP contribution is 2.23. The van der Waals surface area contributed by atoms with E-state index in [-0.39, 0.29) is 12.6 Å². The summed E-state index contributed by atoms with van der Waals surface area (Å²) in [4.78, 5) is 3.19.